The normalized spacial score (nSPS) is 19.1. The molecule has 0 spiro atoms. The van der Waals surface area contributed by atoms with Gasteiger partial charge in [0.2, 0.25) is 5.95 Å². The van der Waals surface area contributed by atoms with E-state index >= 15 is 0 Å². The number of amides is 2. The van der Waals surface area contributed by atoms with Crippen LogP contribution in [-0.2, 0) is 0 Å². The lowest BCUT2D eigenvalue weighted by molar-refractivity contribution is 0.0641. The molecule has 1 saturated carbocycles. The quantitative estimate of drug-likeness (QED) is 0.609. The van der Waals surface area contributed by atoms with Crippen LogP contribution in [0.25, 0.3) is 0 Å². The predicted octanol–water partition coefficient (Wildman–Crippen LogP) is -0.601. The lowest BCUT2D eigenvalue weighted by Crippen LogP contribution is -2.32. The number of hydrogen-bond acceptors (Lipinski definition) is 6. The summed E-state index contributed by atoms with van der Waals surface area (Å²) >= 11 is 0. The molecule has 0 radical (unpaired) electrons. The number of nitrogen functional groups attached to an aromatic ring is 2. The van der Waals surface area contributed by atoms with Crippen molar-refractivity contribution in [2.45, 2.75) is 18.9 Å². The highest BCUT2D eigenvalue weighted by Crippen LogP contribution is 2.35. The van der Waals surface area contributed by atoms with Gasteiger partial charge in [0.25, 0.3) is 11.8 Å². The van der Waals surface area contributed by atoms with Gasteiger partial charge in [-0.3, -0.25) is 14.5 Å². The Kier molecular flexibility index (Phi) is 1.52. The van der Waals surface area contributed by atoms with Gasteiger partial charge in [0.15, 0.2) is 0 Å². The van der Waals surface area contributed by atoms with Crippen molar-refractivity contribution in [3.63, 3.8) is 0 Å². The summed E-state index contributed by atoms with van der Waals surface area (Å²) in [6.07, 6.45) is 1.68. The zero-order valence-corrected chi connectivity index (χ0v) is 8.30. The van der Waals surface area contributed by atoms with Gasteiger partial charge in [-0.1, -0.05) is 0 Å². The highest BCUT2D eigenvalue weighted by Gasteiger charge is 2.46. The summed E-state index contributed by atoms with van der Waals surface area (Å²) in [6.45, 7) is 0. The van der Waals surface area contributed by atoms with E-state index in [0.29, 0.717) is 0 Å². The maximum atomic E-state index is 11.9. The average molecular weight is 219 g/mol. The molecule has 0 bridgehead atoms. The van der Waals surface area contributed by atoms with Crippen LogP contribution in [0.5, 0.6) is 0 Å². The number of carbonyl (C=O) groups is 2. The Bertz CT molecular complexity index is 523. The molecule has 1 aromatic heterocycles. The summed E-state index contributed by atoms with van der Waals surface area (Å²) in [6, 6.07) is -0.00479. The van der Waals surface area contributed by atoms with Crippen molar-refractivity contribution in [1.82, 2.24) is 14.9 Å². The van der Waals surface area contributed by atoms with E-state index in [1.54, 1.807) is 0 Å². The van der Waals surface area contributed by atoms with Crippen LogP contribution in [0.3, 0.4) is 0 Å². The molecule has 4 N–H and O–H groups in total. The maximum absolute atomic E-state index is 11.9. The fourth-order valence-corrected chi connectivity index (χ4v) is 1.85. The van der Waals surface area contributed by atoms with Crippen LogP contribution in [0, 0.1) is 0 Å². The number of imide groups is 1. The SMILES string of the molecule is Nc1nc(N)c2c(n1)C(=O)N(C1CC1)C2=O. The van der Waals surface area contributed by atoms with Crippen molar-refractivity contribution in [3.05, 3.63) is 11.3 Å². The van der Waals surface area contributed by atoms with Crippen LogP contribution in [0.1, 0.15) is 33.7 Å². The van der Waals surface area contributed by atoms with Gasteiger partial charge in [0, 0.05) is 6.04 Å². The molecule has 0 unspecified atom stereocenters. The minimum Gasteiger partial charge on any atom is -0.383 e. The molecule has 1 fully saturated rings. The molecular weight excluding hydrogens is 210 g/mol. The third-order valence-corrected chi connectivity index (χ3v) is 2.72. The molecule has 7 heteroatoms. The number of rotatable bonds is 1. The van der Waals surface area contributed by atoms with Crippen LogP contribution in [-0.4, -0.2) is 32.7 Å². The number of nitrogens with two attached hydrogens (primary N) is 2. The first-order valence-electron chi connectivity index (χ1n) is 4.90. The fourth-order valence-electron chi connectivity index (χ4n) is 1.85. The average Bonchev–Trinajstić information content (AvgIpc) is 2.97. The molecular formula is C9H9N5O2. The van der Waals surface area contributed by atoms with Gasteiger partial charge >= 0.3 is 0 Å². The molecule has 7 nitrogen and oxygen atoms in total. The van der Waals surface area contributed by atoms with E-state index in [9.17, 15) is 9.59 Å². The van der Waals surface area contributed by atoms with E-state index in [-0.39, 0.29) is 29.1 Å². The summed E-state index contributed by atoms with van der Waals surface area (Å²) in [5.41, 5.74) is 11.1. The third-order valence-electron chi connectivity index (χ3n) is 2.72. The lowest BCUT2D eigenvalue weighted by atomic mass is 10.2. The topological polar surface area (TPSA) is 115 Å². The molecule has 16 heavy (non-hydrogen) atoms. The first-order valence-corrected chi connectivity index (χ1v) is 4.90. The van der Waals surface area contributed by atoms with Crippen LogP contribution >= 0.6 is 0 Å². The summed E-state index contributed by atoms with van der Waals surface area (Å²) in [5.74, 6) is -0.928. The second-order valence-electron chi connectivity index (χ2n) is 3.90. The molecule has 1 aliphatic heterocycles. The van der Waals surface area contributed by atoms with Crippen molar-refractivity contribution in [1.29, 1.82) is 0 Å². The molecule has 82 valence electrons. The van der Waals surface area contributed by atoms with E-state index in [2.05, 4.69) is 9.97 Å². The Labute approximate surface area is 90.4 Å². The molecule has 0 saturated heterocycles. The van der Waals surface area contributed by atoms with E-state index in [0.717, 1.165) is 12.8 Å². The first kappa shape index (κ1) is 9.08. The van der Waals surface area contributed by atoms with Crippen LogP contribution in [0.2, 0.25) is 0 Å². The lowest BCUT2D eigenvalue weighted by Gasteiger charge is -2.10. The first-order chi connectivity index (χ1) is 7.59. The van der Waals surface area contributed by atoms with Crippen LogP contribution < -0.4 is 11.5 Å². The monoisotopic (exact) mass is 219 g/mol. The van der Waals surface area contributed by atoms with Crippen molar-refractivity contribution >= 4 is 23.6 Å². The smallest absolute Gasteiger partial charge is 0.280 e. The molecule has 1 aliphatic carbocycles. The van der Waals surface area contributed by atoms with Crippen molar-refractivity contribution in [2.24, 2.45) is 0 Å². The van der Waals surface area contributed by atoms with Gasteiger partial charge in [-0.2, -0.15) is 4.98 Å². The van der Waals surface area contributed by atoms with Gasteiger partial charge in [0.1, 0.15) is 17.1 Å². The molecule has 2 amide bonds. The molecule has 2 aliphatic rings. The zero-order chi connectivity index (χ0) is 11.4. The summed E-state index contributed by atoms with van der Waals surface area (Å²) in [7, 11) is 0. The number of aromatic nitrogens is 2. The summed E-state index contributed by atoms with van der Waals surface area (Å²) in [4.78, 5) is 32.5. The molecule has 0 aromatic carbocycles. The Hall–Kier alpha value is -2.18. The Balaban J connectivity index is 2.18. The van der Waals surface area contributed by atoms with E-state index in [1.165, 1.54) is 4.90 Å². The minimum atomic E-state index is -0.414. The van der Waals surface area contributed by atoms with Crippen LogP contribution in [0.4, 0.5) is 11.8 Å². The van der Waals surface area contributed by atoms with Gasteiger partial charge in [0.05, 0.1) is 0 Å². The number of hydrogen-bond donors (Lipinski definition) is 2. The van der Waals surface area contributed by atoms with Gasteiger partial charge < -0.3 is 11.5 Å². The third kappa shape index (κ3) is 1.02. The Morgan fingerprint density at radius 1 is 1.12 bits per heavy atom. The number of carbonyl (C=O) groups excluding carboxylic acids is 2. The van der Waals surface area contributed by atoms with Crippen molar-refractivity contribution in [3.8, 4) is 0 Å². The molecule has 2 heterocycles. The van der Waals surface area contributed by atoms with Gasteiger partial charge in [-0.05, 0) is 12.8 Å². The van der Waals surface area contributed by atoms with Crippen molar-refractivity contribution in [2.75, 3.05) is 11.5 Å². The standard InChI is InChI=1S/C9H9N5O2/c10-6-4-5(12-9(11)13-6)8(16)14(7(4)15)3-1-2-3/h3H,1-2H2,(H4,10,11,12,13). The fraction of sp³-hybridized carbons (Fsp3) is 0.333. The zero-order valence-electron chi connectivity index (χ0n) is 8.30. The highest BCUT2D eigenvalue weighted by atomic mass is 16.2. The number of anilines is 2. The Morgan fingerprint density at radius 2 is 1.81 bits per heavy atom. The van der Waals surface area contributed by atoms with E-state index < -0.39 is 11.8 Å². The maximum Gasteiger partial charge on any atom is 0.280 e. The molecule has 1 aromatic rings. The second-order valence-corrected chi connectivity index (χ2v) is 3.90. The van der Waals surface area contributed by atoms with E-state index in [4.69, 9.17) is 11.5 Å². The van der Waals surface area contributed by atoms with Crippen LogP contribution in [0.15, 0.2) is 0 Å². The predicted molar refractivity (Wildman–Crippen MR) is 54.4 cm³/mol. The molecule has 0 atom stereocenters. The van der Waals surface area contributed by atoms with E-state index in [1.807, 2.05) is 0 Å². The van der Waals surface area contributed by atoms with Gasteiger partial charge in [-0.15, -0.1) is 0 Å². The minimum absolute atomic E-state index is 0.00479. The summed E-state index contributed by atoms with van der Waals surface area (Å²) < 4.78 is 0. The Morgan fingerprint density at radius 3 is 2.44 bits per heavy atom. The molecule has 3 rings (SSSR count). The largest absolute Gasteiger partial charge is 0.383 e. The van der Waals surface area contributed by atoms with Crippen molar-refractivity contribution < 1.29 is 9.59 Å². The number of nitrogens with zero attached hydrogens (tertiary/aromatic N) is 3. The summed E-state index contributed by atoms with van der Waals surface area (Å²) in [5, 5.41) is 0. The highest BCUT2D eigenvalue weighted by molar-refractivity contribution is 6.22. The second kappa shape index (κ2) is 2.69. The van der Waals surface area contributed by atoms with Gasteiger partial charge in [-0.25, -0.2) is 4.98 Å². The number of fused-ring (bicyclic) bond motifs is 1.